The van der Waals surface area contributed by atoms with Gasteiger partial charge in [0.15, 0.2) is 11.4 Å². The molecule has 1 heterocycles. The van der Waals surface area contributed by atoms with Gasteiger partial charge in [-0.3, -0.25) is 14.4 Å². The molecule has 3 rings (SSSR count). The maximum absolute atomic E-state index is 13.5. The first-order chi connectivity index (χ1) is 16.3. The Hall–Kier alpha value is -3.65. The van der Waals surface area contributed by atoms with Gasteiger partial charge < -0.3 is 24.3 Å². The van der Waals surface area contributed by atoms with E-state index in [1.807, 2.05) is 68.4 Å². The van der Waals surface area contributed by atoms with Crippen LogP contribution >= 0.6 is 0 Å². The van der Waals surface area contributed by atoms with Gasteiger partial charge in [-0.1, -0.05) is 44.2 Å². The van der Waals surface area contributed by atoms with E-state index in [0.717, 1.165) is 24.3 Å². The van der Waals surface area contributed by atoms with Crippen LogP contribution < -0.4 is 10.1 Å². The number of nitrogens with zero attached hydrogens (tertiary/aromatic N) is 2. The Morgan fingerprint density at radius 2 is 1.59 bits per heavy atom. The SMILES string of the molecule is CCN(CC)CC(CNC(=O)c1c(OC(C)=O)c2ccccc2n1-c1ccccc1)OC(C)=O. The molecule has 8 nitrogen and oxygen atoms in total. The monoisotopic (exact) mass is 465 g/mol. The maximum Gasteiger partial charge on any atom is 0.308 e. The lowest BCUT2D eigenvalue weighted by atomic mass is 10.2. The number of esters is 2. The summed E-state index contributed by atoms with van der Waals surface area (Å²) in [6.45, 7) is 8.89. The van der Waals surface area contributed by atoms with Crippen molar-refractivity contribution in [2.75, 3.05) is 26.2 Å². The van der Waals surface area contributed by atoms with E-state index in [2.05, 4.69) is 10.2 Å². The Labute approximate surface area is 199 Å². The van der Waals surface area contributed by atoms with Crippen LogP contribution in [0.3, 0.4) is 0 Å². The first-order valence-corrected chi connectivity index (χ1v) is 11.4. The van der Waals surface area contributed by atoms with E-state index < -0.39 is 23.9 Å². The summed E-state index contributed by atoms with van der Waals surface area (Å²) in [6, 6.07) is 16.8. The van der Waals surface area contributed by atoms with E-state index in [4.69, 9.17) is 9.47 Å². The van der Waals surface area contributed by atoms with Gasteiger partial charge in [0, 0.05) is 31.5 Å². The Bertz CT molecular complexity index is 1150. The highest BCUT2D eigenvalue weighted by molar-refractivity contribution is 6.06. The molecule has 0 aliphatic rings. The zero-order valence-electron chi connectivity index (χ0n) is 20.0. The molecule has 0 radical (unpaired) electrons. The normalized spacial score (nSPS) is 11.9. The van der Waals surface area contributed by atoms with Gasteiger partial charge in [-0.2, -0.15) is 0 Å². The fourth-order valence-corrected chi connectivity index (χ4v) is 3.95. The number of benzene rings is 2. The van der Waals surface area contributed by atoms with E-state index in [0.29, 0.717) is 11.9 Å². The number of amides is 1. The molecule has 0 saturated carbocycles. The predicted molar refractivity (Wildman–Crippen MR) is 130 cm³/mol. The molecule has 0 aliphatic carbocycles. The number of carbonyl (C=O) groups is 3. The number of fused-ring (bicyclic) bond motifs is 1. The number of hydrogen-bond acceptors (Lipinski definition) is 6. The molecule has 0 spiro atoms. The largest absolute Gasteiger partial charge is 0.459 e. The van der Waals surface area contributed by atoms with Crippen LogP contribution in [0.25, 0.3) is 16.6 Å². The minimum Gasteiger partial charge on any atom is -0.459 e. The standard InChI is InChI=1S/C26H31N3O5/c1-5-28(6-2)17-21(33-18(3)30)16-27-26(32)24-25(34-19(4)31)22-14-10-11-15-23(22)29(24)20-12-8-7-9-13-20/h7-15,21H,5-6,16-17H2,1-4H3,(H,27,32). The number of para-hydroxylation sites is 2. The average molecular weight is 466 g/mol. The molecule has 0 aliphatic heterocycles. The number of carbonyl (C=O) groups excluding carboxylic acids is 3. The zero-order chi connectivity index (χ0) is 24.7. The molecule has 1 unspecified atom stereocenters. The Kier molecular flexibility index (Phi) is 8.43. The quantitative estimate of drug-likeness (QED) is 0.461. The van der Waals surface area contributed by atoms with Crippen molar-refractivity contribution in [3.8, 4) is 11.4 Å². The van der Waals surface area contributed by atoms with E-state index in [9.17, 15) is 14.4 Å². The molecular weight excluding hydrogens is 434 g/mol. The van der Waals surface area contributed by atoms with Crippen molar-refractivity contribution in [1.29, 1.82) is 0 Å². The van der Waals surface area contributed by atoms with E-state index in [-0.39, 0.29) is 18.0 Å². The van der Waals surface area contributed by atoms with Crippen molar-refractivity contribution in [2.24, 2.45) is 0 Å². The van der Waals surface area contributed by atoms with Gasteiger partial charge in [-0.15, -0.1) is 0 Å². The molecule has 1 atom stereocenters. The highest BCUT2D eigenvalue weighted by Gasteiger charge is 2.27. The van der Waals surface area contributed by atoms with Crippen LogP contribution in [0.15, 0.2) is 54.6 Å². The van der Waals surface area contributed by atoms with Crippen LogP contribution in [0.4, 0.5) is 0 Å². The second-order valence-corrected chi connectivity index (χ2v) is 7.89. The fourth-order valence-electron chi connectivity index (χ4n) is 3.95. The second-order valence-electron chi connectivity index (χ2n) is 7.89. The minimum absolute atomic E-state index is 0.116. The molecule has 0 saturated heterocycles. The van der Waals surface area contributed by atoms with Crippen molar-refractivity contribution < 1.29 is 23.9 Å². The van der Waals surface area contributed by atoms with Crippen molar-refractivity contribution in [3.63, 3.8) is 0 Å². The van der Waals surface area contributed by atoms with Gasteiger partial charge in [0.05, 0.1) is 12.1 Å². The lowest BCUT2D eigenvalue weighted by Gasteiger charge is -2.25. The molecule has 2 aromatic carbocycles. The van der Waals surface area contributed by atoms with Gasteiger partial charge in [0.25, 0.3) is 5.91 Å². The topological polar surface area (TPSA) is 89.9 Å². The third-order valence-corrected chi connectivity index (χ3v) is 5.48. The molecule has 8 heteroatoms. The number of hydrogen-bond donors (Lipinski definition) is 1. The van der Waals surface area contributed by atoms with Crippen LogP contribution in [-0.4, -0.2) is 59.6 Å². The summed E-state index contributed by atoms with van der Waals surface area (Å²) in [6.07, 6.45) is -0.520. The summed E-state index contributed by atoms with van der Waals surface area (Å²) in [5.41, 5.74) is 1.68. The number of nitrogens with one attached hydrogen (secondary N) is 1. The minimum atomic E-state index is -0.524. The summed E-state index contributed by atoms with van der Waals surface area (Å²) in [5, 5.41) is 3.53. The third kappa shape index (κ3) is 5.82. The van der Waals surface area contributed by atoms with Crippen LogP contribution in [0.2, 0.25) is 0 Å². The lowest BCUT2D eigenvalue weighted by Crippen LogP contribution is -2.42. The predicted octanol–water partition coefficient (Wildman–Crippen LogP) is 3.56. The number of rotatable bonds is 10. The first kappa shape index (κ1) is 25.0. The first-order valence-electron chi connectivity index (χ1n) is 11.4. The van der Waals surface area contributed by atoms with E-state index in [1.165, 1.54) is 13.8 Å². The van der Waals surface area contributed by atoms with Crippen molar-refractivity contribution in [2.45, 2.75) is 33.8 Å². The number of ether oxygens (including phenoxy) is 2. The average Bonchev–Trinajstić information content (AvgIpc) is 3.14. The fraction of sp³-hybridized carbons (Fsp3) is 0.346. The molecule has 3 aromatic rings. The van der Waals surface area contributed by atoms with Crippen molar-refractivity contribution in [1.82, 2.24) is 14.8 Å². The lowest BCUT2D eigenvalue weighted by molar-refractivity contribution is -0.147. The molecule has 1 N–H and O–H groups in total. The van der Waals surface area contributed by atoms with Crippen LogP contribution in [0, 0.1) is 0 Å². The summed E-state index contributed by atoms with van der Waals surface area (Å²) in [7, 11) is 0. The maximum atomic E-state index is 13.5. The highest BCUT2D eigenvalue weighted by atomic mass is 16.5. The Morgan fingerprint density at radius 3 is 2.21 bits per heavy atom. The summed E-state index contributed by atoms with van der Waals surface area (Å²) < 4.78 is 12.8. The van der Waals surface area contributed by atoms with Gasteiger partial charge in [0.1, 0.15) is 6.10 Å². The molecule has 180 valence electrons. The van der Waals surface area contributed by atoms with Crippen LogP contribution in [0.5, 0.6) is 5.75 Å². The second kappa shape index (κ2) is 11.5. The van der Waals surface area contributed by atoms with E-state index in [1.54, 1.807) is 4.57 Å². The summed E-state index contributed by atoms with van der Waals surface area (Å²) >= 11 is 0. The van der Waals surface area contributed by atoms with Gasteiger partial charge in [0.2, 0.25) is 0 Å². The molecule has 34 heavy (non-hydrogen) atoms. The highest BCUT2D eigenvalue weighted by Crippen LogP contribution is 2.36. The number of likely N-dealkylation sites (N-methyl/N-ethyl adjacent to an activating group) is 1. The van der Waals surface area contributed by atoms with Gasteiger partial charge in [-0.25, -0.2) is 0 Å². The van der Waals surface area contributed by atoms with Crippen molar-refractivity contribution >= 4 is 28.7 Å². The Balaban J connectivity index is 2.02. The van der Waals surface area contributed by atoms with E-state index >= 15 is 0 Å². The summed E-state index contributed by atoms with van der Waals surface area (Å²) in [4.78, 5) is 39.2. The van der Waals surface area contributed by atoms with Crippen molar-refractivity contribution in [3.05, 3.63) is 60.3 Å². The van der Waals surface area contributed by atoms with Crippen LogP contribution in [-0.2, 0) is 14.3 Å². The molecule has 0 bridgehead atoms. The van der Waals surface area contributed by atoms with Crippen LogP contribution in [0.1, 0.15) is 38.2 Å². The Morgan fingerprint density at radius 1 is 0.941 bits per heavy atom. The molecule has 1 aromatic heterocycles. The number of aromatic nitrogens is 1. The summed E-state index contributed by atoms with van der Waals surface area (Å²) in [5.74, 6) is -1.18. The van der Waals surface area contributed by atoms with Gasteiger partial charge >= 0.3 is 11.9 Å². The third-order valence-electron chi connectivity index (χ3n) is 5.48. The zero-order valence-corrected chi connectivity index (χ0v) is 20.0. The molecule has 1 amide bonds. The molecular formula is C26H31N3O5. The smallest absolute Gasteiger partial charge is 0.308 e. The van der Waals surface area contributed by atoms with Gasteiger partial charge in [-0.05, 0) is 37.4 Å². The molecule has 0 fully saturated rings.